The molecule has 0 aliphatic carbocycles. The molecule has 1 aliphatic heterocycles. The average Bonchev–Trinajstić information content (AvgIpc) is 3.05. The van der Waals surface area contributed by atoms with E-state index in [2.05, 4.69) is 32.3 Å². The molecule has 1 fully saturated rings. The normalized spacial score (nSPS) is 18.0. The highest BCUT2D eigenvalue weighted by Crippen LogP contribution is 2.37. The summed E-state index contributed by atoms with van der Waals surface area (Å²) in [4.78, 5) is 10.9. The van der Waals surface area contributed by atoms with Crippen LogP contribution >= 0.6 is 0 Å². The average molecular weight is 323 g/mol. The van der Waals surface area contributed by atoms with E-state index in [1.54, 1.807) is 0 Å². The fraction of sp³-hybridized carbons (Fsp3) is 0.333. The van der Waals surface area contributed by atoms with Crippen molar-refractivity contribution in [2.24, 2.45) is 0 Å². The second-order valence-electron chi connectivity index (χ2n) is 6.11. The van der Waals surface area contributed by atoms with Gasteiger partial charge >= 0.3 is 0 Å². The predicted molar refractivity (Wildman–Crippen MR) is 96.1 cm³/mol. The second-order valence-corrected chi connectivity index (χ2v) is 6.11. The molecule has 2 aromatic heterocycles. The maximum absolute atomic E-state index is 6.11. The fourth-order valence-electron chi connectivity index (χ4n) is 3.40. The standard InChI is InChI=1S/C18H21N5O/c1-20-16-11-17(22-18(19)21-16)23-9-5-4-7-13(23)15-10-12-6-2-3-8-14(12)24-15/h2-3,6,8,10-11,13H,4-5,7,9H2,1H3,(H3,19,20,21,22). The van der Waals surface area contributed by atoms with Crippen LogP contribution in [-0.2, 0) is 0 Å². The van der Waals surface area contributed by atoms with Gasteiger partial charge < -0.3 is 20.4 Å². The molecule has 3 N–H and O–H groups in total. The van der Waals surface area contributed by atoms with Crippen LogP contribution in [0, 0.1) is 0 Å². The molecule has 0 saturated carbocycles. The number of anilines is 3. The van der Waals surface area contributed by atoms with E-state index in [1.807, 2.05) is 31.3 Å². The second kappa shape index (κ2) is 6.03. The Morgan fingerprint density at radius 1 is 1.21 bits per heavy atom. The van der Waals surface area contributed by atoms with Crippen LogP contribution in [0.25, 0.3) is 11.0 Å². The molecule has 4 rings (SSSR count). The van der Waals surface area contributed by atoms with Gasteiger partial charge in [-0.25, -0.2) is 0 Å². The summed E-state index contributed by atoms with van der Waals surface area (Å²) in [6, 6.07) is 12.4. The van der Waals surface area contributed by atoms with Gasteiger partial charge in [0.25, 0.3) is 0 Å². The van der Waals surface area contributed by atoms with Crippen LogP contribution in [-0.4, -0.2) is 23.6 Å². The first-order valence-corrected chi connectivity index (χ1v) is 8.32. The molecule has 6 nitrogen and oxygen atoms in total. The number of rotatable bonds is 3. The Bertz CT molecular complexity index is 826. The molecule has 1 atom stereocenters. The molecule has 0 radical (unpaired) electrons. The minimum Gasteiger partial charge on any atom is -0.459 e. The van der Waals surface area contributed by atoms with Crippen molar-refractivity contribution in [1.29, 1.82) is 0 Å². The maximum atomic E-state index is 6.11. The minimum absolute atomic E-state index is 0.171. The Morgan fingerprint density at radius 3 is 2.92 bits per heavy atom. The highest BCUT2D eigenvalue weighted by Gasteiger charge is 2.28. The van der Waals surface area contributed by atoms with E-state index < -0.39 is 0 Å². The van der Waals surface area contributed by atoms with Gasteiger partial charge in [0.1, 0.15) is 23.0 Å². The van der Waals surface area contributed by atoms with Crippen LogP contribution in [0.15, 0.2) is 40.8 Å². The molecule has 6 heteroatoms. The Labute approximate surface area is 140 Å². The van der Waals surface area contributed by atoms with Gasteiger partial charge in [-0.05, 0) is 31.4 Å². The van der Waals surface area contributed by atoms with Crippen molar-refractivity contribution in [2.45, 2.75) is 25.3 Å². The number of para-hydroxylation sites is 1. The van der Waals surface area contributed by atoms with Gasteiger partial charge in [-0.3, -0.25) is 0 Å². The number of nitrogens with two attached hydrogens (primary N) is 1. The van der Waals surface area contributed by atoms with Crippen molar-refractivity contribution < 1.29 is 4.42 Å². The monoisotopic (exact) mass is 323 g/mol. The zero-order chi connectivity index (χ0) is 16.5. The van der Waals surface area contributed by atoms with Crippen molar-refractivity contribution in [3.8, 4) is 0 Å². The summed E-state index contributed by atoms with van der Waals surface area (Å²) in [5.41, 5.74) is 6.80. The summed E-state index contributed by atoms with van der Waals surface area (Å²) in [5, 5.41) is 4.18. The third-order valence-corrected chi connectivity index (χ3v) is 4.56. The maximum Gasteiger partial charge on any atom is 0.223 e. The largest absolute Gasteiger partial charge is 0.459 e. The van der Waals surface area contributed by atoms with E-state index in [4.69, 9.17) is 10.2 Å². The Balaban J connectivity index is 1.74. The molecule has 1 aliphatic rings. The zero-order valence-corrected chi connectivity index (χ0v) is 13.7. The number of nitrogen functional groups attached to an aromatic ring is 1. The molecule has 3 heterocycles. The first-order valence-electron chi connectivity index (χ1n) is 8.32. The zero-order valence-electron chi connectivity index (χ0n) is 13.7. The molecule has 3 aromatic rings. The number of hydrogen-bond acceptors (Lipinski definition) is 6. The lowest BCUT2D eigenvalue weighted by Crippen LogP contribution is -2.34. The molecule has 1 aromatic carbocycles. The van der Waals surface area contributed by atoms with Crippen LogP contribution in [0.5, 0.6) is 0 Å². The number of nitrogens with zero attached hydrogens (tertiary/aromatic N) is 3. The van der Waals surface area contributed by atoms with Crippen LogP contribution in [0.3, 0.4) is 0 Å². The van der Waals surface area contributed by atoms with Gasteiger partial charge in [0.15, 0.2) is 0 Å². The number of piperidine rings is 1. The molecule has 0 spiro atoms. The molecule has 124 valence electrons. The Morgan fingerprint density at radius 2 is 2.08 bits per heavy atom. The topological polar surface area (TPSA) is 80.2 Å². The number of hydrogen-bond donors (Lipinski definition) is 2. The molecule has 24 heavy (non-hydrogen) atoms. The SMILES string of the molecule is CNc1cc(N2CCCCC2c2cc3ccccc3o2)nc(N)n1. The molecule has 1 unspecified atom stereocenters. The molecule has 0 bridgehead atoms. The number of furan rings is 1. The van der Waals surface area contributed by atoms with E-state index in [0.717, 1.165) is 47.8 Å². The van der Waals surface area contributed by atoms with Crippen molar-refractivity contribution >= 4 is 28.6 Å². The van der Waals surface area contributed by atoms with Crippen molar-refractivity contribution in [2.75, 3.05) is 29.5 Å². The van der Waals surface area contributed by atoms with E-state index in [-0.39, 0.29) is 12.0 Å². The number of aromatic nitrogens is 2. The summed E-state index contributed by atoms with van der Waals surface area (Å²) in [7, 11) is 1.83. The van der Waals surface area contributed by atoms with Crippen LogP contribution in [0.1, 0.15) is 31.1 Å². The molecule has 0 amide bonds. The molecular formula is C18H21N5O. The third kappa shape index (κ3) is 2.64. The van der Waals surface area contributed by atoms with Gasteiger partial charge in [0.05, 0.1) is 6.04 Å². The fourth-order valence-corrected chi connectivity index (χ4v) is 3.40. The lowest BCUT2D eigenvalue weighted by molar-refractivity contribution is 0.402. The lowest BCUT2D eigenvalue weighted by Gasteiger charge is -2.35. The summed E-state index contributed by atoms with van der Waals surface area (Å²) >= 11 is 0. The molecule has 1 saturated heterocycles. The highest BCUT2D eigenvalue weighted by atomic mass is 16.3. The van der Waals surface area contributed by atoms with Crippen LogP contribution in [0.4, 0.5) is 17.6 Å². The Kier molecular flexibility index (Phi) is 3.72. The third-order valence-electron chi connectivity index (χ3n) is 4.56. The van der Waals surface area contributed by atoms with E-state index >= 15 is 0 Å². The lowest BCUT2D eigenvalue weighted by atomic mass is 10.00. The summed E-state index contributed by atoms with van der Waals surface area (Å²) in [6.07, 6.45) is 3.35. The van der Waals surface area contributed by atoms with Gasteiger partial charge in [0.2, 0.25) is 5.95 Å². The highest BCUT2D eigenvalue weighted by molar-refractivity contribution is 5.78. The smallest absolute Gasteiger partial charge is 0.223 e. The van der Waals surface area contributed by atoms with Crippen LogP contribution < -0.4 is 16.0 Å². The summed E-state index contributed by atoms with van der Waals surface area (Å²) in [5.74, 6) is 2.84. The van der Waals surface area contributed by atoms with Gasteiger partial charge in [-0.15, -0.1) is 0 Å². The van der Waals surface area contributed by atoms with Crippen molar-refractivity contribution in [1.82, 2.24) is 9.97 Å². The number of benzene rings is 1. The van der Waals surface area contributed by atoms with Crippen molar-refractivity contribution in [3.05, 3.63) is 42.2 Å². The first kappa shape index (κ1) is 14.8. The van der Waals surface area contributed by atoms with E-state index in [9.17, 15) is 0 Å². The van der Waals surface area contributed by atoms with Crippen LogP contribution in [0.2, 0.25) is 0 Å². The van der Waals surface area contributed by atoms with Gasteiger partial charge in [-0.1, -0.05) is 18.2 Å². The van der Waals surface area contributed by atoms with E-state index in [1.165, 1.54) is 6.42 Å². The minimum atomic E-state index is 0.171. The molecular weight excluding hydrogens is 302 g/mol. The Hall–Kier alpha value is -2.76. The van der Waals surface area contributed by atoms with Crippen molar-refractivity contribution in [3.63, 3.8) is 0 Å². The first-order chi connectivity index (χ1) is 11.7. The van der Waals surface area contributed by atoms with Gasteiger partial charge in [0, 0.05) is 25.0 Å². The van der Waals surface area contributed by atoms with Gasteiger partial charge in [-0.2, -0.15) is 9.97 Å². The summed E-state index contributed by atoms with van der Waals surface area (Å²) < 4.78 is 6.11. The summed E-state index contributed by atoms with van der Waals surface area (Å²) in [6.45, 7) is 0.932. The number of nitrogens with one attached hydrogen (secondary N) is 1. The quantitative estimate of drug-likeness (QED) is 0.767. The van der Waals surface area contributed by atoms with E-state index in [0.29, 0.717) is 0 Å². The predicted octanol–water partition coefficient (Wildman–Crippen LogP) is 3.58. The number of fused-ring (bicyclic) bond motifs is 1.